The van der Waals surface area contributed by atoms with Gasteiger partial charge in [0.05, 0.1) is 25.2 Å². The maximum Gasteiger partial charge on any atom is 0.283 e. The predicted octanol–water partition coefficient (Wildman–Crippen LogP) is 5.01. The predicted molar refractivity (Wildman–Crippen MR) is 143 cm³/mol. The Kier molecular flexibility index (Phi) is 6.64. The van der Waals surface area contributed by atoms with E-state index in [0.717, 1.165) is 16.7 Å². The normalized spacial score (nSPS) is 11.1. The summed E-state index contributed by atoms with van der Waals surface area (Å²) in [6, 6.07) is 22.0. The molecule has 1 amide bonds. The Labute approximate surface area is 211 Å². The van der Waals surface area contributed by atoms with Crippen LogP contribution in [0.5, 0.6) is 11.5 Å². The van der Waals surface area contributed by atoms with Crippen LogP contribution in [0.1, 0.15) is 6.92 Å². The smallest absolute Gasteiger partial charge is 0.283 e. The molecular weight excluding hydrogens is 476 g/mol. The first-order valence-corrected chi connectivity index (χ1v) is 12.4. The van der Waals surface area contributed by atoms with Crippen LogP contribution in [0.2, 0.25) is 0 Å². The SMILES string of the molecule is CCOc1ccc(NC(=O)CSc2nc3c([nH]c4ccccc43)c(=O)n2-c2ccccc2OC)cc1. The Morgan fingerprint density at radius 1 is 1.06 bits per heavy atom. The zero-order valence-corrected chi connectivity index (χ0v) is 20.6. The van der Waals surface area contributed by atoms with Crippen LogP contribution in [0.25, 0.3) is 27.6 Å². The number of rotatable bonds is 8. The molecule has 5 rings (SSSR count). The number of thioether (sulfide) groups is 1. The van der Waals surface area contributed by atoms with Crippen molar-refractivity contribution in [2.75, 3.05) is 24.8 Å². The fourth-order valence-electron chi connectivity index (χ4n) is 3.99. The fourth-order valence-corrected chi connectivity index (χ4v) is 4.79. The van der Waals surface area contributed by atoms with Crippen molar-refractivity contribution >= 4 is 45.3 Å². The van der Waals surface area contributed by atoms with Gasteiger partial charge < -0.3 is 19.8 Å². The van der Waals surface area contributed by atoms with Gasteiger partial charge in [-0.2, -0.15) is 0 Å². The third-order valence-corrected chi connectivity index (χ3v) is 6.54. The lowest BCUT2D eigenvalue weighted by Crippen LogP contribution is -2.23. The van der Waals surface area contributed by atoms with Gasteiger partial charge >= 0.3 is 0 Å². The lowest BCUT2D eigenvalue weighted by atomic mass is 10.2. The molecule has 36 heavy (non-hydrogen) atoms. The highest BCUT2D eigenvalue weighted by Crippen LogP contribution is 2.29. The standard InChI is InChI=1S/C27H24N4O4S/c1-3-35-18-14-12-17(13-15-18)28-23(32)16-36-27-30-24-19-8-4-5-9-20(19)29-25(24)26(33)31(27)21-10-6-7-11-22(21)34-2/h4-15,29H,3,16H2,1-2H3,(H,28,32). The number of aromatic nitrogens is 3. The Hall–Kier alpha value is -4.24. The second-order valence-corrected chi connectivity index (χ2v) is 8.84. The minimum atomic E-state index is -0.268. The van der Waals surface area contributed by atoms with E-state index in [1.165, 1.54) is 16.3 Å². The molecule has 0 unspecified atom stereocenters. The van der Waals surface area contributed by atoms with E-state index >= 15 is 0 Å². The van der Waals surface area contributed by atoms with Crippen molar-refractivity contribution < 1.29 is 14.3 Å². The minimum Gasteiger partial charge on any atom is -0.495 e. The van der Waals surface area contributed by atoms with Crippen LogP contribution < -0.4 is 20.3 Å². The van der Waals surface area contributed by atoms with E-state index in [9.17, 15) is 9.59 Å². The summed E-state index contributed by atoms with van der Waals surface area (Å²) >= 11 is 1.19. The van der Waals surface area contributed by atoms with Gasteiger partial charge in [-0.25, -0.2) is 9.55 Å². The third kappa shape index (κ3) is 4.52. The van der Waals surface area contributed by atoms with E-state index in [1.54, 1.807) is 43.5 Å². The molecule has 0 atom stereocenters. The Morgan fingerprint density at radius 2 is 1.81 bits per heavy atom. The van der Waals surface area contributed by atoms with Crippen LogP contribution >= 0.6 is 11.8 Å². The van der Waals surface area contributed by atoms with Crippen LogP contribution in [-0.2, 0) is 4.79 Å². The molecule has 5 aromatic rings. The van der Waals surface area contributed by atoms with Gasteiger partial charge in [-0.05, 0) is 49.4 Å². The lowest BCUT2D eigenvalue weighted by molar-refractivity contribution is -0.113. The van der Waals surface area contributed by atoms with Crippen LogP contribution in [0.3, 0.4) is 0 Å². The Morgan fingerprint density at radius 3 is 2.58 bits per heavy atom. The molecule has 0 bridgehead atoms. The summed E-state index contributed by atoms with van der Waals surface area (Å²) in [5.74, 6) is 1.10. The maximum absolute atomic E-state index is 13.7. The van der Waals surface area contributed by atoms with E-state index in [0.29, 0.717) is 39.9 Å². The second-order valence-electron chi connectivity index (χ2n) is 7.90. The summed E-state index contributed by atoms with van der Waals surface area (Å²) in [6.45, 7) is 2.49. The number of nitrogens with zero attached hydrogens (tertiary/aromatic N) is 2. The van der Waals surface area contributed by atoms with Crippen LogP contribution in [0, 0.1) is 0 Å². The first-order valence-electron chi connectivity index (χ1n) is 11.4. The zero-order valence-electron chi connectivity index (χ0n) is 19.8. The number of para-hydroxylation sites is 3. The van der Waals surface area contributed by atoms with Crippen molar-refractivity contribution in [3.8, 4) is 17.2 Å². The van der Waals surface area contributed by atoms with Gasteiger partial charge in [0, 0.05) is 16.6 Å². The molecule has 2 N–H and O–H groups in total. The molecule has 0 fully saturated rings. The summed E-state index contributed by atoms with van der Waals surface area (Å²) in [4.78, 5) is 34.5. The summed E-state index contributed by atoms with van der Waals surface area (Å²) in [6.07, 6.45) is 0. The number of amides is 1. The van der Waals surface area contributed by atoms with Crippen LogP contribution in [0.15, 0.2) is 82.7 Å². The molecule has 2 heterocycles. The monoisotopic (exact) mass is 500 g/mol. The zero-order chi connectivity index (χ0) is 25.1. The molecule has 0 aliphatic rings. The average molecular weight is 501 g/mol. The first-order chi connectivity index (χ1) is 17.6. The molecule has 9 heteroatoms. The molecule has 3 aromatic carbocycles. The van der Waals surface area contributed by atoms with Gasteiger partial charge in [-0.15, -0.1) is 0 Å². The second kappa shape index (κ2) is 10.2. The number of H-pyrrole nitrogens is 1. The molecule has 0 aliphatic heterocycles. The van der Waals surface area contributed by atoms with Gasteiger partial charge in [0.2, 0.25) is 5.91 Å². The lowest BCUT2D eigenvalue weighted by Gasteiger charge is -2.15. The molecule has 182 valence electrons. The number of fused-ring (bicyclic) bond motifs is 3. The molecular formula is C27H24N4O4S. The summed E-state index contributed by atoms with van der Waals surface area (Å²) in [7, 11) is 1.55. The van der Waals surface area contributed by atoms with Crippen molar-refractivity contribution in [2.45, 2.75) is 12.1 Å². The van der Waals surface area contributed by atoms with Crippen molar-refractivity contribution in [1.29, 1.82) is 0 Å². The molecule has 2 aromatic heterocycles. The molecule has 0 saturated carbocycles. The summed E-state index contributed by atoms with van der Waals surface area (Å²) < 4.78 is 12.5. The van der Waals surface area contributed by atoms with E-state index in [4.69, 9.17) is 14.5 Å². The molecule has 0 aliphatic carbocycles. The number of methoxy groups -OCH3 is 1. The highest BCUT2D eigenvalue weighted by molar-refractivity contribution is 7.99. The topological polar surface area (TPSA) is 98.2 Å². The van der Waals surface area contributed by atoms with E-state index in [2.05, 4.69) is 10.3 Å². The Balaban J connectivity index is 1.51. The highest BCUT2D eigenvalue weighted by atomic mass is 32.2. The largest absolute Gasteiger partial charge is 0.495 e. The maximum atomic E-state index is 13.7. The summed E-state index contributed by atoms with van der Waals surface area (Å²) in [5, 5.41) is 4.12. The van der Waals surface area contributed by atoms with Gasteiger partial charge in [0.1, 0.15) is 22.5 Å². The first kappa shape index (κ1) is 23.5. The number of hydrogen-bond acceptors (Lipinski definition) is 6. The third-order valence-electron chi connectivity index (χ3n) is 5.60. The molecule has 8 nitrogen and oxygen atoms in total. The Bertz CT molecular complexity index is 1610. The number of carbonyl (C=O) groups is 1. The number of aromatic amines is 1. The molecule has 0 saturated heterocycles. The molecule has 0 spiro atoms. The number of carbonyl (C=O) groups excluding carboxylic acids is 1. The number of anilines is 1. The summed E-state index contributed by atoms with van der Waals surface area (Å²) in [5.41, 5.74) is 2.72. The quantitative estimate of drug-likeness (QED) is 0.230. The number of benzene rings is 3. The van der Waals surface area contributed by atoms with Gasteiger partial charge in [0.25, 0.3) is 5.56 Å². The fraction of sp³-hybridized carbons (Fsp3) is 0.148. The van der Waals surface area contributed by atoms with Gasteiger partial charge in [-0.3, -0.25) is 9.59 Å². The number of ether oxygens (including phenoxy) is 2. The van der Waals surface area contributed by atoms with E-state index in [1.807, 2.05) is 43.3 Å². The average Bonchev–Trinajstić information content (AvgIpc) is 3.28. The van der Waals surface area contributed by atoms with Crippen LogP contribution in [0.4, 0.5) is 5.69 Å². The van der Waals surface area contributed by atoms with Crippen molar-refractivity contribution in [1.82, 2.24) is 14.5 Å². The van der Waals surface area contributed by atoms with E-state index in [-0.39, 0.29) is 17.2 Å². The van der Waals surface area contributed by atoms with Crippen molar-refractivity contribution in [2.24, 2.45) is 0 Å². The number of hydrogen-bond donors (Lipinski definition) is 2. The van der Waals surface area contributed by atoms with Crippen molar-refractivity contribution in [3.63, 3.8) is 0 Å². The van der Waals surface area contributed by atoms with Gasteiger partial charge in [0.15, 0.2) is 5.16 Å². The van der Waals surface area contributed by atoms with E-state index < -0.39 is 0 Å². The van der Waals surface area contributed by atoms with Gasteiger partial charge in [-0.1, -0.05) is 42.1 Å². The number of nitrogens with one attached hydrogen (secondary N) is 2. The highest BCUT2D eigenvalue weighted by Gasteiger charge is 2.20. The van der Waals surface area contributed by atoms with Crippen LogP contribution in [-0.4, -0.2) is 39.9 Å². The molecule has 0 radical (unpaired) electrons. The minimum absolute atomic E-state index is 0.0582. The van der Waals surface area contributed by atoms with Crippen molar-refractivity contribution in [3.05, 3.63) is 83.2 Å².